The van der Waals surface area contributed by atoms with Gasteiger partial charge in [0.1, 0.15) is 18.3 Å². The first kappa shape index (κ1) is 17.2. The van der Waals surface area contributed by atoms with Crippen molar-refractivity contribution in [2.24, 2.45) is 0 Å². The van der Waals surface area contributed by atoms with Crippen molar-refractivity contribution in [1.29, 1.82) is 0 Å². The zero-order valence-corrected chi connectivity index (χ0v) is 10.9. The van der Waals surface area contributed by atoms with E-state index >= 15 is 0 Å². The Morgan fingerprint density at radius 3 is 2.10 bits per heavy atom. The Labute approximate surface area is 119 Å². The summed E-state index contributed by atoms with van der Waals surface area (Å²) in [5.74, 6) is -2.52. The molecule has 0 aliphatic rings. The summed E-state index contributed by atoms with van der Waals surface area (Å²) < 4.78 is 4.34. The Kier molecular flexibility index (Phi) is 6.40. The Morgan fingerprint density at radius 1 is 1.00 bits per heavy atom. The molecule has 0 aromatic heterocycles. The van der Waals surface area contributed by atoms with E-state index in [0.717, 1.165) is 0 Å². The van der Waals surface area contributed by atoms with Crippen LogP contribution in [-0.4, -0.2) is 68.5 Å². The zero-order chi connectivity index (χ0) is 16.0. The summed E-state index contributed by atoms with van der Waals surface area (Å²) in [5.41, 5.74) is 0.0588. The summed E-state index contributed by atoms with van der Waals surface area (Å²) in [6, 6.07) is 7.47. The minimum absolute atomic E-state index is 0.0588. The number of carbonyl (C=O) groups excluding carboxylic acids is 2. The predicted octanol–water partition coefficient (Wildman–Crippen LogP) is -2.19. The third-order valence-corrected chi connectivity index (χ3v) is 2.70. The highest BCUT2D eigenvalue weighted by atomic mass is 16.6. The van der Waals surface area contributed by atoms with E-state index < -0.39 is 43.0 Å². The molecule has 1 aromatic rings. The molecular formula is C13H16O8. The number of aliphatic hydroxyl groups is 5. The van der Waals surface area contributed by atoms with Gasteiger partial charge >= 0.3 is 11.9 Å². The van der Waals surface area contributed by atoms with Gasteiger partial charge < -0.3 is 30.3 Å². The summed E-state index contributed by atoms with van der Waals surface area (Å²) in [4.78, 5) is 23.0. The van der Waals surface area contributed by atoms with E-state index in [1.165, 1.54) is 24.3 Å². The van der Waals surface area contributed by atoms with E-state index in [-0.39, 0.29) is 5.56 Å². The second-order valence-corrected chi connectivity index (χ2v) is 4.25. The topological polar surface area (TPSA) is 145 Å². The van der Waals surface area contributed by atoms with Crippen LogP contribution < -0.4 is 0 Å². The molecule has 5 N–H and O–H groups in total. The Bertz CT molecular complexity index is 474. The fraction of sp³-hybridized carbons (Fsp3) is 0.385. The highest BCUT2D eigenvalue weighted by Gasteiger charge is 2.36. The summed E-state index contributed by atoms with van der Waals surface area (Å²) in [7, 11) is 0. The molecule has 21 heavy (non-hydrogen) atoms. The lowest BCUT2D eigenvalue weighted by Gasteiger charge is -2.24. The minimum atomic E-state index is -2.26. The van der Waals surface area contributed by atoms with Crippen molar-refractivity contribution in [2.45, 2.75) is 24.4 Å². The molecule has 8 heteroatoms. The summed E-state index contributed by atoms with van der Waals surface area (Å²) >= 11 is 0. The van der Waals surface area contributed by atoms with Crippen molar-refractivity contribution in [2.75, 3.05) is 6.61 Å². The standard InChI is InChI=1S/C13H16O8/c14-6-8(15)9(16)10(17)11(18)13(20)21-12(19)7-4-2-1-3-5-7/h1-5,8-11,14-18H,6H2/t8-,9-,10+,11-/m1/s1. The van der Waals surface area contributed by atoms with Gasteiger partial charge in [0.05, 0.1) is 12.2 Å². The predicted molar refractivity (Wildman–Crippen MR) is 68.0 cm³/mol. The molecule has 8 nitrogen and oxygen atoms in total. The second kappa shape index (κ2) is 7.81. The molecule has 0 unspecified atom stereocenters. The van der Waals surface area contributed by atoms with Crippen molar-refractivity contribution in [3.63, 3.8) is 0 Å². The third-order valence-electron chi connectivity index (χ3n) is 2.70. The molecule has 4 atom stereocenters. The zero-order valence-electron chi connectivity index (χ0n) is 10.9. The van der Waals surface area contributed by atoms with Gasteiger partial charge in [0.2, 0.25) is 0 Å². The number of hydrogen-bond donors (Lipinski definition) is 5. The van der Waals surface area contributed by atoms with Gasteiger partial charge in [-0.3, -0.25) is 0 Å². The van der Waals surface area contributed by atoms with Gasteiger partial charge in [0, 0.05) is 0 Å². The van der Waals surface area contributed by atoms with E-state index in [9.17, 15) is 24.9 Å². The van der Waals surface area contributed by atoms with Crippen LogP contribution in [0.4, 0.5) is 0 Å². The van der Waals surface area contributed by atoms with Gasteiger partial charge in [-0.2, -0.15) is 0 Å². The van der Waals surface area contributed by atoms with E-state index in [1.54, 1.807) is 6.07 Å². The number of esters is 2. The van der Waals surface area contributed by atoms with Crippen molar-refractivity contribution < 1.29 is 39.9 Å². The lowest BCUT2D eigenvalue weighted by molar-refractivity contribution is -0.164. The molecule has 116 valence electrons. The molecule has 1 aromatic carbocycles. The third kappa shape index (κ3) is 4.59. The van der Waals surface area contributed by atoms with Gasteiger partial charge in [-0.1, -0.05) is 18.2 Å². The van der Waals surface area contributed by atoms with Crippen molar-refractivity contribution >= 4 is 11.9 Å². The number of hydrogen-bond acceptors (Lipinski definition) is 8. The van der Waals surface area contributed by atoms with Crippen LogP contribution in [-0.2, 0) is 9.53 Å². The van der Waals surface area contributed by atoms with E-state index in [0.29, 0.717) is 0 Å². The van der Waals surface area contributed by atoms with Gasteiger partial charge in [-0.25, -0.2) is 9.59 Å². The van der Waals surface area contributed by atoms with Gasteiger partial charge in [0.25, 0.3) is 0 Å². The molecule has 0 fully saturated rings. The molecule has 0 aliphatic heterocycles. The maximum atomic E-state index is 11.6. The SMILES string of the molecule is O=C(OC(=O)[C@H](O)[C@@H](O)[C@H](O)[C@H](O)CO)c1ccccc1. The molecule has 0 bridgehead atoms. The minimum Gasteiger partial charge on any atom is -0.394 e. The first-order valence-electron chi connectivity index (χ1n) is 6.02. The molecule has 0 saturated carbocycles. The first-order chi connectivity index (χ1) is 9.88. The molecule has 0 amide bonds. The smallest absolute Gasteiger partial charge is 0.345 e. The molecular weight excluding hydrogens is 284 g/mol. The number of rotatable bonds is 6. The number of ether oxygens (including phenoxy) is 1. The van der Waals surface area contributed by atoms with E-state index in [1.807, 2.05) is 0 Å². The number of aliphatic hydroxyl groups excluding tert-OH is 5. The molecule has 1 rings (SSSR count). The van der Waals surface area contributed by atoms with Crippen LogP contribution in [0.3, 0.4) is 0 Å². The van der Waals surface area contributed by atoms with Crippen molar-refractivity contribution in [1.82, 2.24) is 0 Å². The molecule has 0 aliphatic carbocycles. The van der Waals surface area contributed by atoms with Gasteiger partial charge in [0.15, 0.2) is 6.10 Å². The average molecular weight is 300 g/mol. The highest BCUT2D eigenvalue weighted by molar-refractivity contribution is 5.97. The van der Waals surface area contributed by atoms with Crippen molar-refractivity contribution in [3.8, 4) is 0 Å². The van der Waals surface area contributed by atoms with Crippen LogP contribution in [0.2, 0.25) is 0 Å². The monoisotopic (exact) mass is 300 g/mol. The first-order valence-corrected chi connectivity index (χ1v) is 6.02. The van der Waals surface area contributed by atoms with Crippen LogP contribution in [0, 0.1) is 0 Å². The quantitative estimate of drug-likeness (QED) is 0.294. The lowest BCUT2D eigenvalue weighted by Crippen LogP contribution is -2.49. The molecule has 0 spiro atoms. The Hall–Kier alpha value is -1.84. The summed E-state index contributed by atoms with van der Waals surface area (Å²) in [6.07, 6.45) is -8.12. The Balaban J connectivity index is 2.64. The van der Waals surface area contributed by atoms with Crippen LogP contribution >= 0.6 is 0 Å². The molecule has 0 heterocycles. The molecule has 0 radical (unpaired) electrons. The molecule has 0 saturated heterocycles. The number of carbonyl (C=O) groups is 2. The highest BCUT2D eigenvalue weighted by Crippen LogP contribution is 2.08. The lowest BCUT2D eigenvalue weighted by atomic mass is 10.0. The maximum Gasteiger partial charge on any atom is 0.345 e. The number of benzene rings is 1. The maximum absolute atomic E-state index is 11.6. The van der Waals surface area contributed by atoms with E-state index in [2.05, 4.69) is 4.74 Å². The van der Waals surface area contributed by atoms with Crippen LogP contribution in [0.1, 0.15) is 10.4 Å². The second-order valence-electron chi connectivity index (χ2n) is 4.25. The van der Waals surface area contributed by atoms with Gasteiger partial charge in [-0.15, -0.1) is 0 Å². The fourth-order valence-electron chi connectivity index (χ4n) is 1.45. The average Bonchev–Trinajstić information content (AvgIpc) is 2.52. The summed E-state index contributed by atoms with van der Waals surface area (Å²) in [5, 5.41) is 46.0. The van der Waals surface area contributed by atoms with Crippen LogP contribution in [0.5, 0.6) is 0 Å². The van der Waals surface area contributed by atoms with Crippen LogP contribution in [0.25, 0.3) is 0 Å². The summed E-state index contributed by atoms with van der Waals surface area (Å²) in [6.45, 7) is -0.886. The van der Waals surface area contributed by atoms with Crippen LogP contribution in [0.15, 0.2) is 30.3 Å². The van der Waals surface area contributed by atoms with Gasteiger partial charge in [-0.05, 0) is 12.1 Å². The normalized spacial score (nSPS) is 16.6. The largest absolute Gasteiger partial charge is 0.394 e. The fourth-order valence-corrected chi connectivity index (χ4v) is 1.45. The van der Waals surface area contributed by atoms with E-state index in [4.69, 9.17) is 10.2 Å². The van der Waals surface area contributed by atoms with Crippen molar-refractivity contribution in [3.05, 3.63) is 35.9 Å². The Morgan fingerprint density at radius 2 is 1.57 bits per heavy atom.